The number of nitrogens with zero attached hydrogens (tertiary/aromatic N) is 6. The van der Waals surface area contributed by atoms with Gasteiger partial charge in [-0.3, -0.25) is 9.97 Å². The number of aromatic nitrogens is 6. The minimum absolute atomic E-state index is 0.192. The van der Waals surface area contributed by atoms with Gasteiger partial charge in [0.15, 0.2) is 5.82 Å². The molecule has 0 saturated heterocycles. The van der Waals surface area contributed by atoms with E-state index in [1.807, 2.05) is 42.2 Å². The van der Waals surface area contributed by atoms with E-state index in [1.54, 1.807) is 12.4 Å². The van der Waals surface area contributed by atoms with Gasteiger partial charge in [-0.15, -0.1) is 0 Å². The van der Waals surface area contributed by atoms with Crippen molar-refractivity contribution >= 4 is 16.5 Å². The first-order valence-electron chi connectivity index (χ1n) is 10.9. The predicted octanol–water partition coefficient (Wildman–Crippen LogP) is 4.37. The van der Waals surface area contributed by atoms with Crippen molar-refractivity contribution in [2.75, 3.05) is 6.54 Å². The van der Waals surface area contributed by atoms with E-state index in [0.29, 0.717) is 6.04 Å². The molecule has 1 unspecified atom stereocenters. The Kier molecular flexibility index (Phi) is 5.06. The number of hydrogen-bond acceptors (Lipinski definition) is 6. The fourth-order valence-electron chi connectivity index (χ4n) is 4.07. The summed E-state index contributed by atoms with van der Waals surface area (Å²) < 4.78 is 1.87. The largest absolute Gasteiger partial charge is 0.310 e. The number of aryl methyl sites for hydroxylation is 1. The monoisotopic (exact) mass is 425 g/mol. The van der Waals surface area contributed by atoms with Gasteiger partial charge in [-0.05, 0) is 42.5 Å². The van der Waals surface area contributed by atoms with Crippen LogP contribution >= 0.6 is 0 Å². The Morgan fingerprint density at radius 1 is 1.00 bits per heavy atom. The maximum Gasteiger partial charge on any atom is 0.154 e. The summed E-state index contributed by atoms with van der Waals surface area (Å²) in [4.78, 5) is 18.3. The lowest BCUT2D eigenvalue weighted by molar-refractivity contribution is 0.274. The third kappa shape index (κ3) is 3.91. The highest BCUT2D eigenvalue weighted by Crippen LogP contribution is 2.31. The van der Waals surface area contributed by atoms with E-state index in [1.165, 1.54) is 5.57 Å². The molecule has 0 aromatic carbocycles. The summed E-state index contributed by atoms with van der Waals surface area (Å²) in [6, 6.07) is 8.54. The van der Waals surface area contributed by atoms with Gasteiger partial charge in [-0.25, -0.2) is 14.6 Å². The highest BCUT2D eigenvalue weighted by Gasteiger charge is 2.27. The summed E-state index contributed by atoms with van der Waals surface area (Å²) in [6.07, 6.45) is 10.3. The Morgan fingerprint density at radius 3 is 2.69 bits per heavy atom. The SMILES string of the molecule is Cc1cncc(-c2cc3c(cn2)cnn3-c2cccc(C3=CCNC(C(C)(C)C)C3)n2)n1. The summed E-state index contributed by atoms with van der Waals surface area (Å²) in [7, 11) is 0. The lowest BCUT2D eigenvalue weighted by atomic mass is 9.81. The molecular formula is C25H27N7. The summed E-state index contributed by atoms with van der Waals surface area (Å²) in [5.74, 6) is 0.789. The zero-order valence-corrected chi connectivity index (χ0v) is 18.9. The third-order valence-corrected chi connectivity index (χ3v) is 5.93. The second-order valence-electron chi connectivity index (χ2n) is 9.37. The highest BCUT2D eigenvalue weighted by atomic mass is 15.3. The molecule has 1 aliphatic heterocycles. The molecule has 5 heterocycles. The van der Waals surface area contributed by atoms with E-state index in [-0.39, 0.29) is 5.41 Å². The Morgan fingerprint density at radius 2 is 1.88 bits per heavy atom. The quantitative estimate of drug-likeness (QED) is 0.525. The number of rotatable bonds is 3. The van der Waals surface area contributed by atoms with E-state index in [4.69, 9.17) is 4.98 Å². The number of fused-ring (bicyclic) bond motifs is 1. The van der Waals surface area contributed by atoms with Crippen LogP contribution in [0.3, 0.4) is 0 Å². The molecule has 0 amide bonds. The van der Waals surface area contributed by atoms with Crippen LogP contribution in [0.15, 0.2) is 55.1 Å². The standard InChI is InChI=1S/C25H27N7/c1-16-12-26-15-21(30-16)20-11-22-18(13-28-20)14-29-32(22)24-7-5-6-19(31-24)17-8-9-27-23(10-17)25(2,3)4/h5-8,11-15,23,27H,9-10H2,1-4H3. The summed E-state index contributed by atoms with van der Waals surface area (Å²) >= 11 is 0. The summed E-state index contributed by atoms with van der Waals surface area (Å²) in [5, 5.41) is 9.17. The lowest BCUT2D eigenvalue weighted by Gasteiger charge is -2.34. The Bertz CT molecular complexity index is 1310. The molecule has 0 fully saturated rings. The molecule has 0 saturated carbocycles. The molecule has 4 aromatic rings. The van der Waals surface area contributed by atoms with Crippen molar-refractivity contribution in [3.63, 3.8) is 0 Å². The van der Waals surface area contributed by atoms with Gasteiger partial charge in [-0.2, -0.15) is 5.10 Å². The topological polar surface area (TPSA) is 81.4 Å². The van der Waals surface area contributed by atoms with Crippen LogP contribution in [0.4, 0.5) is 0 Å². The van der Waals surface area contributed by atoms with Crippen molar-refractivity contribution in [1.82, 2.24) is 35.0 Å². The minimum Gasteiger partial charge on any atom is -0.310 e. The molecule has 7 nitrogen and oxygen atoms in total. The predicted molar refractivity (Wildman–Crippen MR) is 126 cm³/mol. The van der Waals surface area contributed by atoms with Gasteiger partial charge in [0.2, 0.25) is 0 Å². The smallest absolute Gasteiger partial charge is 0.154 e. The molecule has 0 aliphatic carbocycles. The van der Waals surface area contributed by atoms with E-state index in [9.17, 15) is 0 Å². The fraction of sp³-hybridized carbons (Fsp3) is 0.320. The van der Waals surface area contributed by atoms with E-state index < -0.39 is 0 Å². The second kappa shape index (κ2) is 7.91. The van der Waals surface area contributed by atoms with Crippen molar-refractivity contribution in [3.05, 3.63) is 66.5 Å². The molecule has 7 heteroatoms. The Labute approximate surface area is 187 Å². The molecule has 162 valence electrons. The van der Waals surface area contributed by atoms with Crippen LogP contribution in [0.25, 0.3) is 33.7 Å². The van der Waals surface area contributed by atoms with Crippen molar-refractivity contribution in [3.8, 4) is 17.2 Å². The average Bonchev–Trinajstić information content (AvgIpc) is 3.22. The van der Waals surface area contributed by atoms with Gasteiger partial charge in [0, 0.05) is 30.4 Å². The number of nitrogens with one attached hydrogen (secondary N) is 1. The maximum atomic E-state index is 4.98. The third-order valence-electron chi connectivity index (χ3n) is 5.93. The van der Waals surface area contributed by atoms with Crippen LogP contribution in [0.2, 0.25) is 0 Å². The van der Waals surface area contributed by atoms with Crippen molar-refractivity contribution in [2.45, 2.75) is 40.2 Å². The number of hydrogen-bond donors (Lipinski definition) is 1. The zero-order chi connectivity index (χ0) is 22.3. The van der Waals surface area contributed by atoms with Crippen LogP contribution in [0.5, 0.6) is 0 Å². The first-order valence-corrected chi connectivity index (χ1v) is 10.9. The lowest BCUT2D eigenvalue weighted by Crippen LogP contribution is -2.42. The molecular weight excluding hydrogens is 398 g/mol. The normalized spacial score (nSPS) is 16.9. The highest BCUT2D eigenvalue weighted by molar-refractivity contribution is 5.82. The molecule has 1 atom stereocenters. The van der Waals surface area contributed by atoms with Crippen molar-refractivity contribution < 1.29 is 0 Å². The van der Waals surface area contributed by atoms with Crippen LogP contribution < -0.4 is 5.32 Å². The molecule has 32 heavy (non-hydrogen) atoms. The average molecular weight is 426 g/mol. The van der Waals surface area contributed by atoms with Crippen molar-refractivity contribution in [2.24, 2.45) is 5.41 Å². The van der Waals surface area contributed by atoms with Gasteiger partial charge >= 0.3 is 0 Å². The van der Waals surface area contributed by atoms with Gasteiger partial charge in [0.1, 0.15) is 5.69 Å². The molecule has 0 bridgehead atoms. The molecule has 5 rings (SSSR count). The van der Waals surface area contributed by atoms with Gasteiger partial charge in [-0.1, -0.05) is 32.9 Å². The van der Waals surface area contributed by atoms with Gasteiger partial charge < -0.3 is 5.32 Å². The van der Waals surface area contributed by atoms with Crippen LogP contribution in [-0.4, -0.2) is 42.3 Å². The van der Waals surface area contributed by atoms with Gasteiger partial charge in [0.05, 0.1) is 35.0 Å². The molecule has 0 spiro atoms. The van der Waals surface area contributed by atoms with Crippen LogP contribution in [-0.2, 0) is 0 Å². The van der Waals surface area contributed by atoms with E-state index >= 15 is 0 Å². The molecule has 4 aromatic heterocycles. The Hall–Kier alpha value is -3.45. The first-order chi connectivity index (χ1) is 15.4. The first kappa shape index (κ1) is 20.5. The van der Waals surface area contributed by atoms with E-state index in [2.05, 4.69) is 58.3 Å². The number of pyridine rings is 2. The minimum atomic E-state index is 0.192. The Balaban J connectivity index is 1.52. The second-order valence-corrected chi connectivity index (χ2v) is 9.37. The van der Waals surface area contributed by atoms with E-state index in [0.717, 1.165) is 52.5 Å². The fourth-order valence-corrected chi connectivity index (χ4v) is 4.07. The van der Waals surface area contributed by atoms with Crippen LogP contribution in [0, 0.1) is 12.3 Å². The molecule has 1 aliphatic rings. The zero-order valence-electron chi connectivity index (χ0n) is 18.9. The van der Waals surface area contributed by atoms with Crippen molar-refractivity contribution in [1.29, 1.82) is 0 Å². The maximum absolute atomic E-state index is 4.98. The molecule has 1 N–H and O–H groups in total. The summed E-state index contributed by atoms with van der Waals surface area (Å²) in [6.45, 7) is 9.61. The summed E-state index contributed by atoms with van der Waals surface area (Å²) in [5.41, 5.74) is 5.78. The van der Waals surface area contributed by atoms with Gasteiger partial charge in [0.25, 0.3) is 0 Å². The molecule has 0 radical (unpaired) electrons. The van der Waals surface area contributed by atoms with Crippen LogP contribution in [0.1, 0.15) is 38.6 Å².